The molecule has 0 amide bonds. The zero-order valence-electron chi connectivity index (χ0n) is 30.3. The van der Waals surface area contributed by atoms with E-state index in [-0.39, 0.29) is 64.8 Å². The molecule has 7 heterocycles. The van der Waals surface area contributed by atoms with E-state index in [0.29, 0.717) is 48.1 Å². The summed E-state index contributed by atoms with van der Waals surface area (Å²) in [6.45, 7) is -0.500. The van der Waals surface area contributed by atoms with Crippen molar-refractivity contribution in [1.82, 2.24) is 25.2 Å². The summed E-state index contributed by atoms with van der Waals surface area (Å²) in [5.41, 5.74) is -7.55. The summed E-state index contributed by atoms with van der Waals surface area (Å²) in [5, 5.41) is 4.72. The van der Waals surface area contributed by atoms with Crippen molar-refractivity contribution in [1.29, 1.82) is 0 Å². The van der Waals surface area contributed by atoms with Crippen molar-refractivity contribution in [3.05, 3.63) is 53.2 Å². The summed E-state index contributed by atoms with van der Waals surface area (Å²) in [7, 11) is 0. The molecule has 2 aromatic heterocycles. The number of aryl methyl sites for hydroxylation is 1. The van der Waals surface area contributed by atoms with Gasteiger partial charge in [-0.1, -0.05) is 30.2 Å². The van der Waals surface area contributed by atoms with Crippen molar-refractivity contribution >= 4 is 27.5 Å². The van der Waals surface area contributed by atoms with Crippen LogP contribution in [0.3, 0.4) is 0 Å². The third-order valence-corrected chi connectivity index (χ3v) is 12.5. The first-order valence-corrected chi connectivity index (χ1v) is 18.7. The molecule has 0 unspecified atom stereocenters. The van der Waals surface area contributed by atoms with E-state index in [4.69, 9.17) is 21.1 Å². The largest absolute Gasteiger partial charge is 0.461 e. The quantitative estimate of drug-likeness (QED) is 0.156. The SMILES string of the molecule is C#Cc1c(F)ccc2cccc(-c3nc4c5c(nc(OC[C@]67CCCN6C[C@H](OC(C(F)(F)F)(C(F)(F)F)C(F)(F)F)C7)nc5c3F)N3C[C@H]5CC[C@H](N5)[C@H]3CC4)c12. The molecule has 0 aliphatic carbocycles. The van der Waals surface area contributed by atoms with Crippen LogP contribution < -0.4 is 15.0 Å². The number of pyridine rings is 1. The number of nitrogens with zero attached hydrogens (tertiary/aromatic N) is 5. The number of nitrogens with one attached hydrogen (secondary N) is 1. The third kappa shape index (κ3) is 5.79. The van der Waals surface area contributed by atoms with E-state index in [0.717, 1.165) is 12.8 Å². The van der Waals surface area contributed by atoms with Gasteiger partial charge in [-0.05, 0) is 62.9 Å². The van der Waals surface area contributed by atoms with E-state index in [1.165, 1.54) is 17.0 Å². The maximum absolute atomic E-state index is 17.2. The number of rotatable bonds is 6. The average Bonchev–Trinajstić information content (AvgIpc) is 3.80. The number of hydrogen-bond acceptors (Lipinski definition) is 8. The second-order valence-corrected chi connectivity index (χ2v) is 15.7. The molecule has 5 aliphatic rings. The molecule has 8 nitrogen and oxygen atoms in total. The highest BCUT2D eigenvalue weighted by molar-refractivity contribution is 6.02. The number of piperazine rings is 1. The number of benzene rings is 2. The van der Waals surface area contributed by atoms with Crippen LogP contribution in [-0.2, 0) is 11.2 Å². The molecule has 4 fully saturated rings. The summed E-state index contributed by atoms with van der Waals surface area (Å²) in [4.78, 5) is 17.5. The van der Waals surface area contributed by atoms with Crippen molar-refractivity contribution in [3.63, 3.8) is 0 Å². The van der Waals surface area contributed by atoms with Gasteiger partial charge >= 0.3 is 30.1 Å². The van der Waals surface area contributed by atoms with Crippen LogP contribution in [0.2, 0.25) is 0 Å². The number of aromatic nitrogens is 3. The molecular weight excluding hydrogens is 793 g/mol. The van der Waals surface area contributed by atoms with Crippen LogP contribution in [-0.4, -0.2) is 100.0 Å². The summed E-state index contributed by atoms with van der Waals surface area (Å²) in [6.07, 6.45) is -14.4. The second-order valence-electron chi connectivity index (χ2n) is 15.7. The van der Waals surface area contributed by atoms with Crippen LogP contribution >= 0.6 is 0 Å². The highest BCUT2D eigenvalue weighted by atomic mass is 19.4. The fourth-order valence-corrected chi connectivity index (χ4v) is 9.98. The average molecular weight is 827 g/mol. The van der Waals surface area contributed by atoms with Gasteiger partial charge in [-0.15, -0.1) is 6.42 Å². The van der Waals surface area contributed by atoms with Crippen molar-refractivity contribution in [2.24, 2.45) is 0 Å². The monoisotopic (exact) mass is 826 g/mol. The van der Waals surface area contributed by atoms with E-state index in [2.05, 4.69) is 25.9 Å². The number of terminal acetylenes is 1. The Morgan fingerprint density at radius 3 is 2.38 bits per heavy atom. The Kier molecular flexibility index (Phi) is 8.89. The number of anilines is 1. The Balaban J connectivity index is 1.13. The van der Waals surface area contributed by atoms with Crippen LogP contribution in [0.5, 0.6) is 6.01 Å². The van der Waals surface area contributed by atoms with Crippen molar-refractivity contribution in [3.8, 4) is 29.6 Å². The molecule has 58 heavy (non-hydrogen) atoms. The summed E-state index contributed by atoms with van der Waals surface area (Å²) < 4.78 is 167. The molecule has 2 bridgehead atoms. The normalized spacial score (nSPS) is 26.2. The van der Waals surface area contributed by atoms with Crippen molar-refractivity contribution < 1.29 is 57.8 Å². The van der Waals surface area contributed by atoms with E-state index < -0.39 is 67.0 Å². The molecule has 9 rings (SSSR count). The van der Waals surface area contributed by atoms with Gasteiger partial charge in [0.25, 0.3) is 0 Å². The Hall–Kier alpha value is -4.54. The van der Waals surface area contributed by atoms with Crippen LogP contribution in [0.15, 0.2) is 30.3 Å². The minimum Gasteiger partial charge on any atom is -0.461 e. The van der Waals surface area contributed by atoms with E-state index in [1.807, 2.05) is 0 Å². The zero-order chi connectivity index (χ0) is 41.2. The predicted octanol–water partition coefficient (Wildman–Crippen LogP) is 7.79. The standard InChI is InChI=1S/C39H33F11N6O2/c1-2-22-24(40)9-7-19-5-3-6-23(28(19)22)31-30(41)32-29-26(52-31)11-12-27-25-10-8-20(51-25)16-56(27)33(29)54-34(53-32)57-18-35-13-4-14-55(35)17-21(15-35)58-36(37(42,43)44,38(45,46)47)39(48,49)50/h1,3,5-7,9,20-21,25,27,51H,4,8,10-18H2/t20-,21-,25+,27-,35-/m1/s1. The minimum absolute atomic E-state index is 0.0737. The first-order valence-electron chi connectivity index (χ1n) is 18.7. The Morgan fingerprint density at radius 2 is 1.66 bits per heavy atom. The van der Waals surface area contributed by atoms with Crippen LogP contribution in [0.1, 0.15) is 49.8 Å². The first-order chi connectivity index (χ1) is 27.4. The van der Waals surface area contributed by atoms with Gasteiger partial charge in [-0.3, -0.25) is 4.90 Å². The van der Waals surface area contributed by atoms with Gasteiger partial charge in [0, 0.05) is 42.2 Å². The number of alkyl halides is 9. The molecule has 4 saturated heterocycles. The van der Waals surface area contributed by atoms with Crippen molar-refractivity contribution in [2.45, 2.75) is 98.8 Å². The molecule has 308 valence electrons. The second kappa shape index (κ2) is 13.2. The van der Waals surface area contributed by atoms with Gasteiger partial charge in [0.2, 0.25) is 0 Å². The lowest BCUT2D eigenvalue weighted by atomic mass is 9.93. The van der Waals surface area contributed by atoms with Crippen LogP contribution in [0.25, 0.3) is 32.9 Å². The Labute approximate surface area is 323 Å². The summed E-state index contributed by atoms with van der Waals surface area (Å²) >= 11 is 0. The smallest absolute Gasteiger partial charge is 0.435 e. The number of fused-ring (bicyclic) bond motifs is 7. The third-order valence-electron chi connectivity index (χ3n) is 12.5. The molecule has 1 N–H and O–H groups in total. The maximum atomic E-state index is 17.2. The molecule has 5 atom stereocenters. The van der Waals surface area contributed by atoms with Crippen LogP contribution in [0, 0.1) is 24.0 Å². The fourth-order valence-electron chi connectivity index (χ4n) is 9.98. The van der Waals surface area contributed by atoms with Gasteiger partial charge in [0.1, 0.15) is 29.5 Å². The lowest BCUT2D eigenvalue weighted by Gasteiger charge is -2.41. The maximum Gasteiger partial charge on any atom is 0.435 e. The van der Waals surface area contributed by atoms with Gasteiger partial charge < -0.3 is 19.7 Å². The Morgan fingerprint density at radius 1 is 0.897 bits per heavy atom. The lowest BCUT2D eigenvalue weighted by Crippen LogP contribution is -2.68. The number of halogens is 11. The van der Waals surface area contributed by atoms with Gasteiger partial charge in [-0.25, -0.2) is 13.8 Å². The highest BCUT2D eigenvalue weighted by Crippen LogP contribution is 2.57. The van der Waals surface area contributed by atoms with Crippen LogP contribution in [0.4, 0.5) is 54.1 Å². The van der Waals surface area contributed by atoms with E-state index in [9.17, 15) is 39.5 Å². The highest BCUT2D eigenvalue weighted by Gasteiger charge is 2.86. The molecule has 0 radical (unpaired) electrons. The lowest BCUT2D eigenvalue weighted by molar-refractivity contribution is -0.463. The minimum atomic E-state index is -6.88. The molecular formula is C39H33F11N6O2. The molecule has 5 aliphatic heterocycles. The predicted molar refractivity (Wildman–Crippen MR) is 187 cm³/mol. The molecule has 0 spiro atoms. The van der Waals surface area contributed by atoms with Gasteiger partial charge in [0.05, 0.1) is 28.3 Å². The summed E-state index contributed by atoms with van der Waals surface area (Å²) in [5.74, 6) is 1.08. The van der Waals surface area contributed by atoms with E-state index in [1.54, 1.807) is 18.2 Å². The number of ether oxygens (including phenoxy) is 2. The Bertz CT molecular complexity index is 2330. The zero-order valence-corrected chi connectivity index (χ0v) is 30.3. The molecule has 4 aromatic rings. The van der Waals surface area contributed by atoms with Gasteiger partial charge in [-0.2, -0.15) is 49.5 Å². The number of hydrogen-bond donors (Lipinski definition) is 1. The molecule has 2 aromatic carbocycles. The van der Waals surface area contributed by atoms with Crippen molar-refractivity contribution in [2.75, 3.05) is 31.1 Å². The van der Waals surface area contributed by atoms with Gasteiger partial charge in [0.15, 0.2) is 5.82 Å². The summed E-state index contributed by atoms with van der Waals surface area (Å²) in [6, 6.07) is 7.33. The topological polar surface area (TPSA) is 75.6 Å². The fraction of sp³-hybridized carbons (Fsp3) is 0.513. The van der Waals surface area contributed by atoms with E-state index >= 15 is 8.78 Å². The first kappa shape index (κ1) is 38.9. The molecule has 19 heteroatoms. The molecule has 0 saturated carbocycles.